The molecule has 6 atom stereocenters. The number of nitro benzene ring substituents is 2. The third-order valence-electron chi connectivity index (χ3n) is 10.1. The zero-order valence-electron chi connectivity index (χ0n) is 35.6. The lowest BCUT2D eigenvalue weighted by atomic mass is 10.1. The molecule has 2 aromatic heterocycles. The quantitative estimate of drug-likeness (QED) is 0.0289. The SMILES string of the molecule is CC1(C)O[C@@H]2[C@H](O1)[C@@H](COP(=O)(OCCC#N)O[C@@H](CCC(=O)OCc1ccc([N+](=O)[O-])cc1)C(=O)OCc1ccc([N+](=O)[O-])cc1)O[C@H]2n1cnc2c(NC(=O)c3ccccc3)ncnc21. The Hall–Kier alpha value is -7.10. The molecule has 0 aliphatic carbocycles. The standard InChI is InChI=1S/C42H41N8O16P/c1-42(2)64-35-32(63-40(36(35)65-42)48-25-46-34-37(44-24-45-38(34)48)47-39(52)28-7-4-3-5-8-28)23-62-67(58,61-20-6-19-43)66-31(41(53)60-22-27-11-15-30(16-12-27)50(56)57)17-18-33(51)59-21-26-9-13-29(14-10-26)49(54)55/h3-5,7-16,24-25,31-32,35-36,40H,6,17-18,20-23H2,1-2H3,(H,44,45,47,52)/t31-,32+,35+,36+,40+,67?/m0/s1. The van der Waals surface area contributed by atoms with Crippen LogP contribution in [0.2, 0.25) is 0 Å². The van der Waals surface area contributed by atoms with Gasteiger partial charge >= 0.3 is 19.8 Å². The number of anilines is 1. The number of nitriles is 1. The molecule has 1 amide bonds. The van der Waals surface area contributed by atoms with E-state index in [0.29, 0.717) is 16.7 Å². The zero-order valence-corrected chi connectivity index (χ0v) is 36.5. The number of nitro groups is 2. The predicted octanol–water partition coefficient (Wildman–Crippen LogP) is 6.02. The van der Waals surface area contributed by atoms with Gasteiger partial charge in [-0.2, -0.15) is 5.26 Å². The number of hydrogen-bond acceptors (Lipinski definition) is 20. The van der Waals surface area contributed by atoms with E-state index in [1.54, 1.807) is 48.7 Å². The van der Waals surface area contributed by atoms with Crippen LogP contribution in [0.3, 0.4) is 0 Å². The third kappa shape index (κ3) is 12.0. The molecule has 4 heterocycles. The highest BCUT2D eigenvalue weighted by molar-refractivity contribution is 7.48. The third-order valence-corrected chi connectivity index (χ3v) is 11.6. The molecule has 1 N–H and O–H groups in total. The minimum atomic E-state index is -4.88. The highest BCUT2D eigenvalue weighted by Crippen LogP contribution is 2.53. The van der Waals surface area contributed by atoms with E-state index < -0.39 is 105 Å². The van der Waals surface area contributed by atoms with Crippen molar-refractivity contribution in [2.75, 3.05) is 18.5 Å². The number of rotatable bonds is 21. The van der Waals surface area contributed by atoms with Crippen LogP contribution in [0.4, 0.5) is 17.2 Å². The molecule has 0 saturated carbocycles. The van der Waals surface area contributed by atoms with Crippen LogP contribution >= 0.6 is 7.82 Å². The molecule has 25 heteroatoms. The van der Waals surface area contributed by atoms with E-state index in [9.17, 15) is 44.4 Å². The van der Waals surface area contributed by atoms with Gasteiger partial charge in [-0.15, -0.1) is 0 Å². The molecular weight excluding hydrogens is 903 g/mol. The first kappa shape index (κ1) is 47.9. The Morgan fingerprint density at radius 2 is 1.54 bits per heavy atom. The Morgan fingerprint density at radius 1 is 0.896 bits per heavy atom. The van der Waals surface area contributed by atoms with Crippen LogP contribution in [-0.4, -0.2) is 90.6 Å². The van der Waals surface area contributed by atoms with E-state index in [0.717, 1.165) is 0 Å². The average Bonchev–Trinajstić information content (AvgIpc) is 3.99. The number of imidazole rings is 1. The molecule has 0 bridgehead atoms. The Bertz CT molecular complexity index is 2700. The first-order valence-corrected chi connectivity index (χ1v) is 21.9. The number of fused-ring (bicyclic) bond motifs is 2. The molecule has 2 saturated heterocycles. The second-order valence-electron chi connectivity index (χ2n) is 15.2. The first-order valence-electron chi connectivity index (χ1n) is 20.4. The average molecular weight is 945 g/mol. The number of nitrogens with one attached hydrogen (secondary N) is 1. The summed E-state index contributed by atoms with van der Waals surface area (Å²) in [6, 6.07) is 20.7. The lowest BCUT2D eigenvalue weighted by molar-refractivity contribution is -0.385. The molecule has 350 valence electrons. The Kier molecular flexibility index (Phi) is 15.0. The van der Waals surface area contributed by atoms with Crippen LogP contribution in [0.25, 0.3) is 11.2 Å². The predicted molar refractivity (Wildman–Crippen MR) is 227 cm³/mol. The van der Waals surface area contributed by atoms with Gasteiger partial charge in [0.15, 0.2) is 35.1 Å². The molecule has 7 rings (SSSR count). The van der Waals surface area contributed by atoms with Gasteiger partial charge in [0.25, 0.3) is 17.3 Å². The molecular formula is C42H41N8O16P. The van der Waals surface area contributed by atoms with Crippen molar-refractivity contribution in [1.82, 2.24) is 19.5 Å². The van der Waals surface area contributed by atoms with Gasteiger partial charge in [-0.1, -0.05) is 18.2 Å². The maximum absolute atomic E-state index is 14.5. The number of carbonyl (C=O) groups is 3. The molecule has 2 aliphatic heterocycles. The highest BCUT2D eigenvalue weighted by atomic mass is 31.2. The fourth-order valence-corrected chi connectivity index (χ4v) is 8.26. The van der Waals surface area contributed by atoms with E-state index in [2.05, 4.69) is 20.3 Å². The lowest BCUT2D eigenvalue weighted by Crippen LogP contribution is -2.33. The van der Waals surface area contributed by atoms with Crippen molar-refractivity contribution >= 4 is 54.0 Å². The zero-order chi connectivity index (χ0) is 47.7. The second kappa shape index (κ2) is 21.0. The van der Waals surface area contributed by atoms with Crippen LogP contribution in [-0.2, 0) is 64.6 Å². The summed E-state index contributed by atoms with van der Waals surface area (Å²) < 4.78 is 62.7. The van der Waals surface area contributed by atoms with E-state index in [1.807, 2.05) is 6.07 Å². The van der Waals surface area contributed by atoms with Gasteiger partial charge in [0, 0.05) is 36.2 Å². The first-order chi connectivity index (χ1) is 32.1. The molecule has 3 aromatic carbocycles. The van der Waals surface area contributed by atoms with Crippen LogP contribution in [0.15, 0.2) is 91.5 Å². The van der Waals surface area contributed by atoms with Crippen molar-refractivity contribution in [3.05, 3.63) is 128 Å². The van der Waals surface area contributed by atoms with Gasteiger partial charge in [0.05, 0.1) is 41.9 Å². The normalized spacial score (nSPS) is 19.7. The highest BCUT2D eigenvalue weighted by Gasteiger charge is 2.57. The fourth-order valence-electron chi connectivity index (χ4n) is 6.91. The van der Waals surface area contributed by atoms with Gasteiger partial charge in [0.1, 0.15) is 37.9 Å². The van der Waals surface area contributed by atoms with Crippen molar-refractivity contribution in [3.63, 3.8) is 0 Å². The van der Waals surface area contributed by atoms with Gasteiger partial charge in [0.2, 0.25) is 0 Å². The van der Waals surface area contributed by atoms with Crippen molar-refractivity contribution in [1.29, 1.82) is 5.26 Å². The van der Waals surface area contributed by atoms with Gasteiger partial charge < -0.3 is 29.0 Å². The number of benzene rings is 3. The number of aromatic nitrogens is 4. The molecule has 1 unspecified atom stereocenters. The van der Waals surface area contributed by atoms with Gasteiger partial charge in [-0.3, -0.25) is 48.0 Å². The lowest BCUT2D eigenvalue weighted by Gasteiger charge is -2.26. The molecule has 67 heavy (non-hydrogen) atoms. The maximum atomic E-state index is 14.5. The van der Waals surface area contributed by atoms with Gasteiger partial charge in [-0.05, 0) is 67.8 Å². The Morgan fingerprint density at radius 3 is 2.18 bits per heavy atom. The molecule has 5 aromatic rings. The number of ether oxygens (including phenoxy) is 5. The topological polar surface area (TPSA) is 308 Å². The summed E-state index contributed by atoms with van der Waals surface area (Å²) in [4.78, 5) is 73.6. The fraction of sp³-hybridized carbons (Fsp3) is 0.357. The van der Waals surface area contributed by atoms with Crippen LogP contribution in [0.1, 0.15) is 60.8 Å². The summed E-state index contributed by atoms with van der Waals surface area (Å²) in [5, 5.41) is 34.2. The molecule has 2 aliphatic rings. The van der Waals surface area contributed by atoms with E-state index in [4.69, 9.17) is 37.3 Å². The summed E-state index contributed by atoms with van der Waals surface area (Å²) in [6.45, 7) is 1.62. The second-order valence-corrected chi connectivity index (χ2v) is 16.9. The van der Waals surface area contributed by atoms with Crippen LogP contribution < -0.4 is 5.32 Å². The number of amides is 1. The van der Waals surface area contributed by atoms with Crippen molar-refractivity contribution in [2.24, 2.45) is 0 Å². The number of nitrogens with zero attached hydrogens (tertiary/aromatic N) is 7. The van der Waals surface area contributed by atoms with E-state index in [-0.39, 0.29) is 41.4 Å². The minimum Gasteiger partial charge on any atom is -0.461 e. The van der Waals surface area contributed by atoms with Crippen molar-refractivity contribution in [3.8, 4) is 6.07 Å². The molecule has 0 spiro atoms. The number of phosphoric acid groups is 1. The summed E-state index contributed by atoms with van der Waals surface area (Å²) in [6.07, 6.45) is -4.20. The molecule has 0 radical (unpaired) electrons. The molecule has 2 fully saturated rings. The Balaban J connectivity index is 1.08. The van der Waals surface area contributed by atoms with Gasteiger partial charge in [-0.25, -0.2) is 24.3 Å². The van der Waals surface area contributed by atoms with E-state index in [1.165, 1.54) is 61.2 Å². The van der Waals surface area contributed by atoms with E-state index >= 15 is 0 Å². The Labute approximate surface area is 379 Å². The summed E-state index contributed by atoms with van der Waals surface area (Å²) >= 11 is 0. The monoisotopic (exact) mass is 944 g/mol. The van der Waals surface area contributed by atoms with Crippen LogP contribution in [0, 0.1) is 31.6 Å². The smallest absolute Gasteiger partial charge is 0.461 e. The summed E-state index contributed by atoms with van der Waals surface area (Å²) in [7, 11) is -4.88. The van der Waals surface area contributed by atoms with Crippen molar-refractivity contribution in [2.45, 2.75) is 82.8 Å². The molecule has 24 nitrogen and oxygen atoms in total. The van der Waals surface area contributed by atoms with Crippen LogP contribution in [0.5, 0.6) is 0 Å². The number of hydrogen-bond donors (Lipinski definition) is 1. The summed E-state index contributed by atoms with van der Waals surface area (Å²) in [5.41, 5.74) is 1.29. The van der Waals surface area contributed by atoms with Crippen molar-refractivity contribution < 1.29 is 66.1 Å². The summed E-state index contributed by atoms with van der Waals surface area (Å²) in [5.74, 6) is -3.42. The number of esters is 2. The largest absolute Gasteiger partial charge is 0.475 e. The minimum absolute atomic E-state index is 0.127. The number of phosphoric ester groups is 1. The number of carbonyl (C=O) groups excluding carboxylic acids is 3. The number of non-ortho nitro benzene ring substituents is 2. The maximum Gasteiger partial charge on any atom is 0.475 e.